The van der Waals surface area contributed by atoms with Gasteiger partial charge in [0.25, 0.3) is 0 Å². The third kappa shape index (κ3) is 3.27. The molecule has 0 aromatic heterocycles. The van der Waals surface area contributed by atoms with Crippen LogP contribution in [0.3, 0.4) is 0 Å². The zero-order valence-electron chi connectivity index (χ0n) is 12.2. The molecule has 2 heterocycles. The van der Waals surface area contributed by atoms with Crippen LogP contribution in [0.2, 0.25) is 0 Å². The first kappa shape index (κ1) is 15.0. The Morgan fingerprint density at radius 3 is 2.59 bits per heavy atom. The fraction of sp³-hybridized carbons (Fsp3) is 0.500. The number of benzene rings is 1. The maximum Gasteiger partial charge on any atom is 0.234 e. The third-order valence-electron chi connectivity index (χ3n) is 4.18. The highest BCUT2D eigenvalue weighted by molar-refractivity contribution is 6.00. The number of halogens is 1. The molecule has 6 heteroatoms. The second kappa shape index (κ2) is 6.44. The van der Waals surface area contributed by atoms with Crippen LogP contribution in [0.5, 0.6) is 5.75 Å². The van der Waals surface area contributed by atoms with Gasteiger partial charge in [-0.3, -0.25) is 14.9 Å². The summed E-state index contributed by atoms with van der Waals surface area (Å²) in [6.07, 6.45) is 2.48. The van der Waals surface area contributed by atoms with Gasteiger partial charge in [0.05, 0.1) is 5.92 Å². The van der Waals surface area contributed by atoms with E-state index in [2.05, 4.69) is 10.6 Å². The van der Waals surface area contributed by atoms with Gasteiger partial charge in [-0.1, -0.05) is 6.07 Å². The molecular weight excluding hydrogens is 287 g/mol. The topological polar surface area (TPSA) is 67.4 Å². The van der Waals surface area contributed by atoms with E-state index in [4.69, 9.17) is 4.74 Å². The van der Waals surface area contributed by atoms with Crippen molar-refractivity contribution in [1.29, 1.82) is 0 Å². The predicted octanol–water partition coefficient (Wildman–Crippen LogP) is 1.48. The van der Waals surface area contributed by atoms with Crippen molar-refractivity contribution in [3.8, 4) is 5.75 Å². The van der Waals surface area contributed by atoms with Gasteiger partial charge >= 0.3 is 0 Å². The third-order valence-corrected chi connectivity index (χ3v) is 4.18. The average Bonchev–Trinajstić information content (AvgIpc) is 2.49. The van der Waals surface area contributed by atoms with E-state index in [1.807, 2.05) is 0 Å². The van der Waals surface area contributed by atoms with Gasteiger partial charge in [-0.05, 0) is 38.4 Å². The molecule has 1 aromatic rings. The number of ether oxygens (including phenoxy) is 1. The van der Waals surface area contributed by atoms with E-state index in [0.29, 0.717) is 17.7 Å². The zero-order valence-corrected chi connectivity index (χ0v) is 12.2. The van der Waals surface area contributed by atoms with Crippen molar-refractivity contribution in [3.63, 3.8) is 0 Å². The SMILES string of the molecule is O=C1CCC(c2ccc(OC3CCNCC3)cc2F)C(=O)N1. The molecule has 2 aliphatic rings. The molecule has 0 spiro atoms. The van der Waals surface area contributed by atoms with Crippen molar-refractivity contribution in [2.75, 3.05) is 13.1 Å². The Balaban J connectivity index is 1.71. The van der Waals surface area contributed by atoms with Crippen LogP contribution in [-0.4, -0.2) is 31.0 Å². The quantitative estimate of drug-likeness (QED) is 0.830. The highest BCUT2D eigenvalue weighted by Gasteiger charge is 2.30. The van der Waals surface area contributed by atoms with Crippen molar-refractivity contribution in [1.82, 2.24) is 10.6 Å². The minimum absolute atomic E-state index is 0.0992. The van der Waals surface area contributed by atoms with Gasteiger partial charge in [0, 0.05) is 18.1 Å². The standard InChI is InChI=1S/C16H19FN2O3/c17-14-9-11(22-10-5-7-18-8-6-10)1-2-12(14)13-3-4-15(20)19-16(13)21/h1-2,9-10,13,18H,3-8H2,(H,19,20,21). The number of nitrogens with one attached hydrogen (secondary N) is 2. The number of amides is 2. The van der Waals surface area contributed by atoms with E-state index in [9.17, 15) is 14.0 Å². The van der Waals surface area contributed by atoms with Crippen LogP contribution in [0.15, 0.2) is 18.2 Å². The molecule has 22 heavy (non-hydrogen) atoms. The van der Waals surface area contributed by atoms with Crippen LogP contribution in [0.25, 0.3) is 0 Å². The summed E-state index contributed by atoms with van der Waals surface area (Å²) in [6, 6.07) is 4.62. The van der Waals surface area contributed by atoms with E-state index in [1.54, 1.807) is 12.1 Å². The van der Waals surface area contributed by atoms with Gasteiger partial charge in [-0.15, -0.1) is 0 Å². The van der Waals surface area contributed by atoms with Crippen molar-refractivity contribution >= 4 is 11.8 Å². The van der Waals surface area contributed by atoms with Gasteiger partial charge < -0.3 is 10.1 Å². The summed E-state index contributed by atoms with van der Waals surface area (Å²) < 4.78 is 20.1. The van der Waals surface area contributed by atoms with Gasteiger partial charge in [-0.25, -0.2) is 4.39 Å². The number of rotatable bonds is 3. The Labute approximate surface area is 128 Å². The number of carbonyl (C=O) groups excluding carboxylic acids is 2. The van der Waals surface area contributed by atoms with Crippen LogP contribution < -0.4 is 15.4 Å². The Morgan fingerprint density at radius 2 is 1.91 bits per heavy atom. The lowest BCUT2D eigenvalue weighted by molar-refractivity contribution is -0.134. The molecule has 2 amide bonds. The summed E-state index contributed by atoms with van der Waals surface area (Å²) in [4.78, 5) is 23.0. The minimum atomic E-state index is -0.606. The molecule has 1 atom stereocenters. The lowest BCUT2D eigenvalue weighted by atomic mass is 9.90. The molecule has 5 nitrogen and oxygen atoms in total. The van der Waals surface area contributed by atoms with Crippen LogP contribution in [-0.2, 0) is 9.59 Å². The molecule has 118 valence electrons. The van der Waals surface area contributed by atoms with E-state index in [0.717, 1.165) is 25.9 Å². The summed E-state index contributed by atoms with van der Waals surface area (Å²) in [6.45, 7) is 1.81. The molecule has 1 unspecified atom stereocenters. The van der Waals surface area contributed by atoms with E-state index in [1.165, 1.54) is 6.07 Å². The molecule has 2 fully saturated rings. The normalized spacial score (nSPS) is 23.2. The van der Waals surface area contributed by atoms with Gasteiger partial charge in [0.1, 0.15) is 17.7 Å². The lowest BCUT2D eigenvalue weighted by Crippen LogP contribution is -2.39. The largest absolute Gasteiger partial charge is 0.490 e. The molecule has 3 rings (SSSR count). The number of hydrogen-bond acceptors (Lipinski definition) is 4. The average molecular weight is 306 g/mol. The molecule has 2 aliphatic heterocycles. The summed E-state index contributed by atoms with van der Waals surface area (Å²) in [7, 11) is 0. The molecular formula is C16H19FN2O3. The molecule has 2 N–H and O–H groups in total. The molecule has 1 aromatic carbocycles. The molecule has 0 aliphatic carbocycles. The first-order chi connectivity index (χ1) is 10.6. The van der Waals surface area contributed by atoms with Crippen LogP contribution in [0.1, 0.15) is 37.2 Å². The minimum Gasteiger partial charge on any atom is -0.490 e. The monoisotopic (exact) mass is 306 g/mol. The van der Waals surface area contributed by atoms with E-state index < -0.39 is 17.6 Å². The number of imide groups is 1. The van der Waals surface area contributed by atoms with Gasteiger partial charge in [-0.2, -0.15) is 0 Å². The Bertz CT molecular complexity index is 585. The van der Waals surface area contributed by atoms with Crippen molar-refractivity contribution in [2.45, 2.75) is 37.7 Å². The van der Waals surface area contributed by atoms with E-state index in [-0.39, 0.29) is 18.4 Å². The van der Waals surface area contributed by atoms with Crippen molar-refractivity contribution in [2.24, 2.45) is 0 Å². The summed E-state index contributed by atoms with van der Waals surface area (Å²) in [5.41, 5.74) is 0.322. The second-order valence-electron chi connectivity index (χ2n) is 5.75. The van der Waals surface area contributed by atoms with Crippen molar-refractivity contribution < 1.29 is 18.7 Å². The number of hydrogen-bond donors (Lipinski definition) is 2. The summed E-state index contributed by atoms with van der Waals surface area (Å²) in [5, 5.41) is 5.50. The number of carbonyl (C=O) groups is 2. The van der Waals surface area contributed by atoms with Gasteiger partial charge in [0.15, 0.2) is 0 Å². The molecule has 2 saturated heterocycles. The fourth-order valence-electron chi connectivity index (χ4n) is 2.96. The molecule has 0 saturated carbocycles. The maximum atomic E-state index is 14.3. The highest BCUT2D eigenvalue weighted by atomic mass is 19.1. The second-order valence-corrected chi connectivity index (χ2v) is 5.75. The van der Waals surface area contributed by atoms with Crippen LogP contribution >= 0.6 is 0 Å². The summed E-state index contributed by atoms with van der Waals surface area (Å²) >= 11 is 0. The van der Waals surface area contributed by atoms with E-state index >= 15 is 0 Å². The Kier molecular flexibility index (Phi) is 4.38. The van der Waals surface area contributed by atoms with Crippen molar-refractivity contribution in [3.05, 3.63) is 29.6 Å². The summed E-state index contributed by atoms with van der Waals surface area (Å²) in [5.74, 6) is -1.30. The first-order valence-electron chi connectivity index (χ1n) is 7.64. The lowest BCUT2D eigenvalue weighted by Gasteiger charge is -2.25. The maximum absolute atomic E-state index is 14.3. The fourth-order valence-corrected chi connectivity index (χ4v) is 2.96. The molecule has 0 radical (unpaired) electrons. The zero-order chi connectivity index (χ0) is 15.5. The smallest absolute Gasteiger partial charge is 0.234 e. The molecule has 0 bridgehead atoms. The number of piperidine rings is 2. The predicted molar refractivity (Wildman–Crippen MR) is 78.0 cm³/mol. The van der Waals surface area contributed by atoms with Crippen LogP contribution in [0, 0.1) is 5.82 Å². The van der Waals surface area contributed by atoms with Gasteiger partial charge in [0.2, 0.25) is 11.8 Å². The highest BCUT2D eigenvalue weighted by Crippen LogP contribution is 2.29. The van der Waals surface area contributed by atoms with Crippen LogP contribution in [0.4, 0.5) is 4.39 Å². The Morgan fingerprint density at radius 1 is 1.14 bits per heavy atom. The Hall–Kier alpha value is -1.95. The first-order valence-corrected chi connectivity index (χ1v) is 7.64.